The van der Waals surface area contributed by atoms with E-state index in [1.54, 1.807) is 0 Å². The van der Waals surface area contributed by atoms with Gasteiger partial charge in [-0.15, -0.1) is 0 Å². The molecule has 0 radical (unpaired) electrons. The average molecular weight is 343 g/mol. The number of nitrogens with zero attached hydrogens (tertiary/aromatic N) is 2. The molecule has 0 unspecified atom stereocenters. The second-order valence-corrected chi connectivity index (χ2v) is 5.96. The van der Waals surface area contributed by atoms with E-state index in [0.29, 0.717) is 5.92 Å². The molecule has 0 bridgehead atoms. The van der Waals surface area contributed by atoms with Gasteiger partial charge in [-0.05, 0) is 56.1 Å². The molecule has 7 nitrogen and oxygen atoms in total. The number of likely N-dealkylation sites (tertiary alicyclic amines) is 1. The Morgan fingerprint density at radius 1 is 1.24 bits per heavy atom. The second-order valence-electron chi connectivity index (χ2n) is 5.96. The predicted molar refractivity (Wildman–Crippen MR) is 92.4 cm³/mol. The van der Waals surface area contributed by atoms with Gasteiger partial charge in [-0.2, -0.15) is 5.26 Å². The fourth-order valence-corrected chi connectivity index (χ4v) is 3.00. The third kappa shape index (κ3) is 4.81. The number of nitrogens with one attached hydrogen (secondary N) is 1. The van der Waals surface area contributed by atoms with Crippen molar-refractivity contribution in [3.8, 4) is 6.07 Å². The van der Waals surface area contributed by atoms with Crippen molar-refractivity contribution >= 4 is 22.8 Å². The Labute approximate surface area is 145 Å². The molecule has 1 aliphatic heterocycles. The first-order valence-corrected chi connectivity index (χ1v) is 8.16. The number of nitriles is 1. The molecule has 1 fully saturated rings. The number of carboxylic acids is 2. The smallest absolute Gasteiger partial charge is 0.414 e. The van der Waals surface area contributed by atoms with Crippen LogP contribution in [0, 0.1) is 11.3 Å². The largest absolute Gasteiger partial charge is 0.473 e. The van der Waals surface area contributed by atoms with Gasteiger partial charge in [-0.3, -0.25) is 0 Å². The summed E-state index contributed by atoms with van der Waals surface area (Å²) in [6, 6.07) is 10.3. The Balaban J connectivity index is 0.000000326. The number of aromatic amines is 1. The highest BCUT2D eigenvalue weighted by molar-refractivity contribution is 6.27. The van der Waals surface area contributed by atoms with Crippen LogP contribution in [0.2, 0.25) is 0 Å². The number of aliphatic carboxylic acids is 2. The van der Waals surface area contributed by atoms with Gasteiger partial charge in [0.1, 0.15) is 0 Å². The maximum absolute atomic E-state index is 9.10. The minimum atomic E-state index is -1.82. The van der Waals surface area contributed by atoms with E-state index in [0.717, 1.165) is 17.6 Å². The average Bonchev–Trinajstić information content (AvgIpc) is 3.05. The van der Waals surface area contributed by atoms with E-state index < -0.39 is 11.9 Å². The SMILES string of the molecule is CCN1CCC(c2cc3ccc(C#N)cc3[nH]2)CC1.O=C(O)C(=O)O. The van der Waals surface area contributed by atoms with Gasteiger partial charge in [-0.25, -0.2) is 9.59 Å². The third-order valence-corrected chi connectivity index (χ3v) is 4.43. The molecule has 25 heavy (non-hydrogen) atoms. The standard InChI is InChI=1S/C16H19N3.C2H2O4/c1-2-19-7-5-13(6-8-19)16-10-14-4-3-12(11-17)9-15(14)18-16;3-1(4)2(5)6/h3-4,9-10,13,18H,2,5-8H2,1H3;(H,3,4)(H,5,6). The van der Waals surface area contributed by atoms with Crippen molar-refractivity contribution < 1.29 is 19.8 Å². The molecule has 1 aromatic carbocycles. The number of H-pyrrole nitrogens is 1. The zero-order chi connectivity index (χ0) is 18.4. The molecule has 3 rings (SSSR count). The quantitative estimate of drug-likeness (QED) is 0.721. The van der Waals surface area contributed by atoms with Crippen molar-refractivity contribution in [2.75, 3.05) is 19.6 Å². The number of aromatic nitrogens is 1. The summed E-state index contributed by atoms with van der Waals surface area (Å²) >= 11 is 0. The van der Waals surface area contributed by atoms with Crippen LogP contribution in [0.5, 0.6) is 0 Å². The van der Waals surface area contributed by atoms with E-state index >= 15 is 0 Å². The van der Waals surface area contributed by atoms with E-state index in [-0.39, 0.29) is 0 Å². The molecular formula is C18H21N3O4. The Morgan fingerprint density at radius 2 is 1.88 bits per heavy atom. The monoisotopic (exact) mass is 343 g/mol. The van der Waals surface area contributed by atoms with Crippen LogP contribution in [0.3, 0.4) is 0 Å². The number of hydrogen-bond acceptors (Lipinski definition) is 4. The molecule has 2 heterocycles. The molecule has 0 spiro atoms. The third-order valence-electron chi connectivity index (χ3n) is 4.43. The molecule has 1 aliphatic rings. The fraction of sp³-hybridized carbons (Fsp3) is 0.389. The lowest BCUT2D eigenvalue weighted by molar-refractivity contribution is -0.159. The highest BCUT2D eigenvalue weighted by Gasteiger charge is 2.20. The maximum atomic E-state index is 9.10. The van der Waals surface area contributed by atoms with E-state index in [2.05, 4.69) is 28.9 Å². The Hall–Kier alpha value is -2.85. The summed E-state index contributed by atoms with van der Waals surface area (Å²) in [7, 11) is 0. The fourth-order valence-electron chi connectivity index (χ4n) is 3.00. The number of fused-ring (bicyclic) bond motifs is 1. The van der Waals surface area contributed by atoms with Crippen molar-refractivity contribution in [2.45, 2.75) is 25.7 Å². The minimum Gasteiger partial charge on any atom is -0.473 e. The molecule has 2 aromatic rings. The summed E-state index contributed by atoms with van der Waals surface area (Å²) in [5.74, 6) is -3.01. The Kier molecular flexibility index (Phi) is 6.14. The first kappa shape index (κ1) is 18.5. The van der Waals surface area contributed by atoms with Crippen LogP contribution in [-0.2, 0) is 9.59 Å². The number of piperidine rings is 1. The summed E-state index contributed by atoms with van der Waals surface area (Å²) in [5.41, 5.74) is 3.15. The molecule has 0 atom stereocenters. The molecule has 0 amide bonds. The number of carbonyl (C=O) groups is 2. The van der Waals surface area contributed by atoms with Gasteiger partial charge in [-0.1, -0.05) is 13.0 Å². The zero-order valence-corrected chi connectivity index (χ0v) is 14.0. The van der Waals surface area contributed by atoms with E-state index in [1.807, 2.05) is 18.2 Å². The number of carboxylic acid groups (broad SMARTS) is 2. The van der Waals surface area contributed by atoms with Gasteiger partial charge in [0.15, 0.2) is 0 Å². The van der Waals surface area contributed by atoms with Gasteiger partial charge in [0.25, 0.3) is 0 Å². The van der Waals surface area contributed by atoms with Crippen molar-refractivity contribution in [2.24, 2.45) is 0 Å². The summed E-state index contributed by atoms with van der Waals surface area (Å²) in [5, 5.41) is 24.9. The van der Waals surface area contributed by atoms with Gasteiger partial charge < -0.3 is 20.1 Å². The zero-order valence-electron chi connectivity index (χ0n) is 14.0. The molecule has 132 valence electrons. The molecular weight excluding hydrogens is 322 g/mol. The Bertz CT molecular complexity index is 786. The predicted octanol–water partition coefficient (Wildman–Crippen LogP) is 2.39. The second kappa shape index (κ2) is 8.31. The summed E-state index contributed by atoms with van der Waals surface area (Å²) in [6.45, 7) is 5.78. The van der Waals surface area contributed by atoms with E-state index in [9.17, 15) is 0 Å². The topological polar surface area (TPSA) is 117 Å². The Morgan fingerprint density at radius 3 is 2.40 bits per heavy atom. The van der Waals surface area contributed by atoms with Crippen molar-refractivity contribution in [3.63, 3.8) is 0 Å². The molecule has 0 saturated carbocycles. The van der Waals surface area contributed by atoms with Gasteiger partial charge >= 0.3 is 11.9 Å². The molecule has 1 aromatic heterocycles. The van der Waals surface area contributed by atoms with Gasteiger partial charge in [0, 0.05) is 17.1 Å². The van der Waals surface area contributed by atoms with Crippen LogP contribution in [-0.4, -0.2) is 51.7 Å². The lowest BCUT2D eigenvalue weighted by Gasteiger charge is -2.30. The highest BCUT2D eigenvalue weighted by Crippen LogP contribution is 2.30. The molecule has 0 aliphatic carbocycles. The summed E-state index contributed by atoms with van der Waals surface area (Å²) in [4.78, 5) is 24.2. The van der Waals surface area contributed by atoms with Crippen molar-refractivity contribution in [1.82, 2.24) is 9.88 Å². The van der Waals surface area contributed by atoms with Crippen molar-refractivity contribution in [1.29, 1.82) is 5.26 Å². The maximum Gasteiger partial charge on any atom is 0.414 e. The number of benzene rings is 1. The van der Waals surface area contributed by atoms with Crippen LogP contribution in [0.25, 0.3) is 10.9 Å². The summed E-state index contributed by atoms with van der Waals surface area (Å²) in [6.07, 6.45) is 2.46. The van der Waals surface area contributed by atoms with Crippen LogP contribution in [0.15, 0.2) is 24.3 Å². The van der Waals surface area contributed by atoms with E-state index in [4.69, 9.17) is 25.1 Å². The summed E-state index contributed by atoms with van der Waals surface area (Å²) < 4.78 is 0. The first-order chi connectivity index (χ1) is 11.9. The number of hydrogen-bond donors (Lipinski definition) is 3. The minimum absolute atomic E-state index is 0.640. The lowest BCUT2D eigenvalue weighted by Crippen LogP contribution is -2.32. The first-order valence-electron chi connectivity index (χ1n) is 8.16. The van der Waals surface area contributed by atoms with Crippen LogP contribution >= 0.6 is 0 Å². The van der Waals surface area contributed by atoms with Gasteiger partial charge in [0.05, 0.1) is 11.6 Å². The molecule has 3 N–H and O–H groups in total. The highest BCUT2D eigenvalue weighted by atomic mass is 16.4. The van der Waals surface area contributed by atoms with E-state index in [1.165, 1.54) is 37.0 Å². The van der Waals surface area contributed by atoms with Crippen LogP contribution < -0.4 is 0 Å². The molecule has 1 saturated heterocycles. The van der Waals surface area contributed by atoms with Crippen molar-refractivity contribution in [3.05, 3.63) is 35.5 Å². The molecule has 7 heteroatoms. The number of rotatable bonds is 2. The normalized spacial score (nSPS) is 15.2. The van der Waals surface area contributed by atoms with Gasteiger partial charge in [0.2, 0.25) is 0 Å². The lowest BCUT2D eigenvalue weighted by atomic mass is 9.93. The van der Waals surface area contributed by atoms with Crippen LogP contribution in [0.1, 0.15) is 36.9 Å². The van der Waals surface area contributed by atoms with Crippen LogP contribution in [0.4, 0.5) is 0 Å².